The summed E-state index contributed by atoms with van der Waals surface area (Å²) in [5, 5.41) is 3.29. The highest BCUT2D eigenvalue weighted by molar-refractivity contribution is 7.98. The van der Waals surface area contributed by atoms with E-state index in [2.05, 4.69) is 47.8 Å². The average Bonchev–Trinajstić information content (AvgIpc) is 2.42. The van der Waals surface area contributed by atoms with Gasteiger partial charge in [-0.3, -0.25) is 4.90 Å². The molecule has 1 aromatic carbocycles. The highest BCUT2D eigenvalue weighted by Crippen LogP contribution is 2.20. The standard InChI is InChI=1S/C15H24N2S.ClH/c1-16-11-13-7-9-17(10-8-13)12-14-3-5-15(18-2)6-4-14;/h3-6,13,16H,7-12H2,1-2H3;1H. The first-order chi connectivity index (χ1) is 8.81. The predicted octanol–water partition coefficient (Wildman–Crippen LogP) is 3.26. The minimum absolute atomic E-state index is 0. The Morgan fingerprint density at radius 3 is 2.37 bits per heavy atom. The van der Waals surface area contributed by atoms with Gasteiger partial charge in [0, 0.05) is 11.4 Å². The molecule has 1 aliphatic heterocycles. The number of likely N-dealkylation sites (tertiary alicyclic amines) is 1. The summed E-state index contributed by atoms with van der Waals surface area (Å²) in [6.45, 7) is 4.78. The third-order valence-electron chi connectivity index (χ3n) is 3.77. The minimum atomic E-state index is 0. The highest BCUT2D eigenvalue weighted by atomic mass is 35.5. The lowest BCUT2D eigenvalue weighted by Crippen LogP contribution is -2.36. The zero-order valence-electron chi connectivity index (χ0n) is 11.9. The maximum Gasteiger partial charge on any atom is 0.0233 e. The Morgan fingerprint density at radius 2 is 1.84 bits per heavy atom. The van der Waals surface area contributed by atoms with Gasteiger partial charge in [0.1, 0.15) is 0 Å². The van der Waals surface area contributed by atoms with Gasteiger partial charge in [0.25, 0.3) is 0 Å². The van der Waals surface area contributed by atoms with Gasteiger partial charge in [-0.1, -0.05) is 12.1 Å². The van der Waals surface area contributed by atoms with Crippen LogP contribution >= 0.6 is 24.2 Å². The number of halogens is 1. The van der Waals surface area contributed by atoms with Crippen LogP contribution in [0, 0.1) is 5.92 Å². The van der Waals surface area contributed by atoms with Gasteiger partial charge in [0.05, 0.1) is 0 Å². The van der Waals surface area contributed by atoms with Gasteiger partial charge in [-0.05, 0) is 69.4 Å². The van der Waals surface area contributed by atoms with Gasteiger partial charge < -0.3 is 5.32 Å². The summed E-state index contributed by atoms with van der Waals surface area (Å²) in [5.74, 6) is 0.880. The lowest BCUT2D eigenvalue weighted by Gasteiger charge is -2.31. The van der Waals surface area contributed by atoms with Gasteiger partial charge in [0.15, 0.2) is 0 Å². The second-order valence-corrected chi connectivity index (χ2v) is 6.00. The maximum absolute atomic E-state index is 3.29. The number of piperidine rings is 1. The summed E-state index contributed by atoms with van der Waals surface area (Å²) in [6.07, 6.45) is 4.80. The Balaban J connectivity index is 0.00000180. The van der Waals surface area contributed by atoms with Crippen LogP contribution in [0.3, 0.4) is 0 Å². The molecule has 2 rings (SSSR count). The summed E-state index contributed by atoms with van der Waals surface area (Å²) in [5.41, 5.74) is 1.44. The minimum Gasteiger partial charge on any atom is -0.319 e. The van der Waals surface area contributed by atoms with Crippen molar-refractivity contribution in [1.82, 2.24) is 10.2 Å². The Hall–Kier alpha value is -0.220. The van der Waals surface area contributed by atoms with Crippen LogP contribution in [0.2, 0.25) is 0 Å². The van der Waals surface area contributed by atoms with E-state index >= 15 is 0 Å². The molecule has 1 heterocycles. The van der Waals surface area contributed by atoms with E-state index in [0.717, 1.165) is 12.5 Å². The molecule has 2 nitrogen and oxygen atoms in total. The van der Waals surface area contributed by atoms with Gasteiger partial charge in [-0.15, -0.1) is 24.2 Å². The van der Waals surface area contributed by atoms with Crippen molar-refractivity contribution in [3.05, 3.63) is 29.8 Å². The first-order valence-electron chi connectivity index (χ1n) is 6.81. The van der Waals surface area contributed by atoms with Crippen molar-refractivity contribution in [3.63, 3.8) is 0 Å². The molecule has 108 valence electrons. The Bertz CT molecular complexity index is 348. The molecule has 0 unspecified atom stereocenters. The fraction of sp³-hybridized carbons (Fsp3) is 0.600. The van der Waals surface area contributed by atoms with E-state index in [-0.39, 0.29) is 12.4 Å². The van der Waals surface area contributed by atoms with Crippen LogP contribution in [0.5, 0.6) is 0 Å². The van der Waals surface area contributed by atoms with E-state index in [1.807, 2.05) is 11.8 Å². The van der Waals surface area contributed by atoms with Crippen LogP contribution in [0.15, 0.2) is 29.2 Å². The number of benzene rings is 1. The number of rotatable bonds is 5. The van der Waals surface area contributed by atoms with Crippen molar-refractivity contribution in [3.8, 4) is 0 Å². The van der Waals surface area contributed by atoms with Crippen molar-refractivity contribution in [1.29, 1.82) is 0 Å². The molecule has 0 spiro atoms. The fourth-order valence-electron chi connectivity index (χ4n) is 2.63. The molecule has 1 fully saturated rings. The number of nitrogens with one attached hydrogen (secondary N) is 1. The average molecular weight is 301 g/mol. The third kappa shape index (κ3) is 5.35. The van der Waals surface area contributed by atoms with Crippen molar-refractivity contribution in [2.45, 2.75) is 24.3 Å². The predicted molar refractivity (Wildman–Crippen MR) is 87.4 cm³/mol. The van der Waals surface area contributed by atoms with Crippen LogP contribution in [0.25, 0.3) is 0 Å². The largest absolute Gasteiger partial charge is 0.319 e. The third-order valence-corrected chi connectivity index (χ3v) is 4.51. The van der Waals surface area contributed by atoms with Crippen molar-refractivity contribution in [2.24, 2.45) is 5.92 Å². The molecule has 0 aliphatic carbocycles. The molecule has 1 N–H and O–H groups in total. The molecule has 0 aromatic heterocycles. The first kappa shape index (κ1) is 16.8. The number of thioether (sulfide) groups is 1. The van der Waals surface area contributed by atoms with Crippen LogP contribution in [-0.2, 0) is 6.54 Å². The smallest absolute Gasteiger partial charge is 0.0233 e. The Kier molecular flexibility index (Phi) is 7.84. The molecule has 0 amide bonds. The molecule has 4 heteroatoms. The second kappa shape index (κ2) is 8.85. The quantitative estimate of drug-likeness (QED) is 0.840. The van der Waals surface area contributed by atoms with E-state index in [1.54, 1.807) is 0 Å². The summed E-state index contributed by atoms with van der Waals surface area (Å²) in [7, 11) is 2.06. The maximum atomic E-state index is 3.29. The topological polar surface area (TPSA) is 15.3 Å². The van der Waals surface area contributed by atoms with Crippen LogP contribution in [-0.4, -0.2) is 37.8 Å². The fourth-order valence-corrected chi connectivity index (χ4v) is 3.03. The second-order valence-electron chi connectivity index (χ2n) is 5.13. The van der Waals surface area contributed by atoms with E-state index in [0.29, 0.717) is 0 Å². The number of nitrogens with zero attached hydrogens (tertiary/aromatic N) is 1. The molecule has 0 bridgehead atoms. The molecule has 0 atom stereocenters. The van der Waals surface area contributed by atoms with Crippen LogP contribution in [0.4, 0.5) is 0 Å². The van der Waals surface area contributed by atoms with E-state index in [9.17, 15) is 0 Å². The monoisotopic (exact) mass is 300 g/mol. The van der Waals surface area contributed by atoms with Gasteiger partial charge in [-0.25, -0.2) is 0 Å². The summed E-state index contributed by atoms with van der Waals surface area (Å²) in [6, 6.07) is 9.00. The first-order valence-corrected chi connectivity index (χ1v) is 8.04. The molecule has 0 saturated carbocycles. The highest BCUT2D eigenvalue weighted by Gasteiger charge is 2.18. The number of hydrogen-bond acceptors (Lipinski definition) is 3. The van der Waals surface area contributed by atoms with E-state index < -0.39 is 0 Å². The Labute approximate surface area is 127 Å². The van der Waals surface area contributed by atoms with Crippen molar-refractivity contribution >= 4 is 24.2 Å². The van der Waals surface area contributed by atoms with Crippen LogP contribution in [0.1, 0.15) is 18.4 Å². The van der Waals surface area contributed by atoms with Crippen LogP contribution < -0.4 is 5.32 Å². The number of hydrogen-bond donors (Lipinski definition) is 1. The zero-order valence-corrected chi connectivity index (χ0v) is 13.5. The zero-order chi connectivity index (χ0) is 12.8. The lowest BCUT2D eigenvalue weighted by molar-refractivity contribution is 0.177. The Morgan fingerprint density at radius 1 is 1.21 bits per heavy atom. The summed E-state index contributed by atoms with van der Waals surface area (Å²) < 4.78 is 0. The molecule has 1 aromatic rings. The molecule has 1 aliphatic rings. The molecular formula is C15H25ClN2S. The van der Waals surface area contributed by atoms with Gasteiger partial charge >= 0.3 is 0 Å². The van der Waals surface area contributed by atoms with E-state index in [4.69, 9.17) is 0 Å². The molecule has 1 saturated heterocycles. The lowest BCUT2D eigenvalue weighted by atomic mass is 9.96. The summed E-state index contributed by atoms with van der Waals surface area (Å²) >= 11 is 1.81. The van der Waals surface area contributed by atoms with Crippen molar-refractivity contribution in [2.75, 3.05) is 32.9 Å². The van der Waals surface area contributed by atoms with Gasteiger partial charge in [-0.2, -0.15) is 0 Å². The normalized spacial score (nSPS) is 17.2. The SMILES string of the molecule is CNCC1CCN(Cc2ccc(SC)cc2)CC1.Cl. The van der Waals surface area contributed by atoms with Crippen molar-refractivity contribution < 1.29 is 0 Å². The molecule has 0 radical (unpaired) electrons. The van der Waals surface area contributed by atoms with Gasteiger partial charge in [0.2, 0.25) is 0 Å². The molecular weight excluding hydrogens is 276 g/mol. The molecule has 19 heavy (non-hydrogen) atoms. The summed E-state index contributed by atoms with van der Waals surface area (Å²) in [4.78, 5) is 3.94. The van der Waals surface area contributed by atoms with E-state index in [1.165, 1.54) is 42.9 Å².